The van der Waals surface area contributed by atoms with Gasteiger partial charge in [-0.1, -0.05) is 43.1 Å². The van der Waals surface area contributed by atoms with E-state index in [9.17, 15) is 13.2 Å². The minimum absolute atomic E-state index is 0.155. The third-order valence-electron chi connectivity index (χ3n) is 4.40. The van der Waals surface area contributed by atoms with Crippen molar-refractivity contribution in [2.75, 3.05) is 12.9 Å². The molecule has 0 radical (unpaired) electrons. The van der Waals surface area contributed by atoms with Gasteiger partial charge in [-0.2, -0.15) is 8.42 Å². The van der Waals surface area contributed by atoms with Gasteiger partial charge < -0.3 is 4.74 Å². The molecule has 2 atom stereocenters. The molecular formula is C20H31N3O5S. The molecule has 0 saturated carbocycles. The Morgan fingerprint density at radius 2 is 1.83 bits per heavy atom. The summed E-state index contributed by atoms with van der Waals surface area (Å²) < 4.78 is 33.5. The van der Waals surface area contributed by atoms with Crippen LogP contribution in [0.3, 0.4) is 0 Å². The zero-order valence-corrected chi connectivity index (χ0v) is 18.0. The van der Waals surface area contributed by atoms with Crippen molar-refractivity contribution in [3.8, 4) is 0 Å². The van der Waals surface area contributed by atoms with E-state index in [0.717, 1.165) is 25.5 Å². The molecule has 0 aliphatic rings. The molecule has 1 rings (SSSR count). The minimum atomic E-state index is -3.58. The summed E-state index contributed by atoms with van der Waals surface area (Å²) in [5.41, 5.74) is 9.21. The number of nitrogens with zero attached hydrogens (tertiary/aromatic N) is 3. The first-order valence-corrected chi connectivity index (χ1v) is 11.8. The average molecular weight is 426 g/mol. The summed E-state index contributed by atoms with van der Waals surface area (Å²) in [4.78, 5) is 14.8. The number of carbonyl (C=O) groups excluding carboxylic acids is 1. The summed E-state index contributed by atoms with van der Waals surface area (Å²) in [5, 5.41) is 3.81. The second-order valence-corrected chi connectivity index (χ2v) is 8.60. The van der Waals surface area contributed by atoms with Crippen LogP contribution in [0.5, 0.6) is 0 Å². The average Bonchev–Trinajstić information content (AvgIpc) is 2.68. The third kappa shape index (κ3) is 12.2. The minimum Gasteiger partial charge on any atom is -0.462 e. The van der Waals surface area contributed by atoms with Crippen molar-refractivity contribution in [1.82, 2.24) is 0 Å². The van der Waals surface area contributed by atoms with Crippen LogP contribution in [-0.4, -0.2) is 39.4 Å². The van der Waals surface area contributed by atoms with Crippen LogP contribution in [0.25, 0.3) is 10.4 Å². The molecule has 0 unspecified atom stereocenters. The summed E-state index contributed by atoms with van der Waals surface area (Å²) in [6.07, 6.45) is 6.14. The molecule has 9 heteroatoms. The van der Waals surface area contributed by atoms with E-state index in [-0.39, 0.29) is 18.6 Å². The molecule has 0 fully saturated rings. The molecule has 0 aromatic heterocycles. The lowest BCUT2D eigenvalue weighted by molar-refractivity contribution is 0.0494. The monoisotopic (exact) mass is 425 g/mol. The number of azide groups is 1. The quantitative estimate of drug-likeness (QED) is 0.0977. The van der Waals surface area contributed by atoms with Gasteiger partial charge in [0, 0.05) is 11.0 Å². The van der Waals surface area contributed by atoms with Crippen molar-refractivity contribution in [3.63, 3.8) is 0 Å². The zero-order valence-electron chi connectivity index (χ0n) is 17.2. The highest BCUT2D eigenvalue weighted by Crippen LogP contribution is 2.19. The van der Waals surface area contributed by atoms with E-state index in [1.54, 1.807) is 24.3 Å². The van der Waals surface area contributed by atoms with Crippen LogP contribution in [0.2, 0.25) is 0 Å². The fourth-order valence-corrected chi connectivity index (χ4v) is 3.62. The van der Waals surface area contributed by atoms with Crippen LogP contribution in [0.15, 0.2) is 35.4 Å². The Kier molecular flexibility index (Phi) is 12.0. The maximum absolute atomic E-state index is 11.9. The standard InChI is InChI=1S/C20H31N3O5S/c1-3-4-12-18(22-23-21)14-15-19(28-29(2,25)26)13-8-9-16-27-20(24)17-10-6-5-7-11-17/h5-7,10-11,18-19H,3-4,8-9,12-16H2,1-2H3/t18-,19+/m0/s1. The summed E-state index contributed by atoms with van der Waals surface area (Å²) in [6, 6.07) is 8.60. The number of ether oxygens (including phenoxy) is 1. The number of rotatable bonds is 15. The molecule has 0 heterocycles. The highest BCUT2D eigenvalue weighted by molar-refractivity contribution is 7.86. The van der Waals surface area contributed by atoms with Crippen LogP contribution in [0.4, 0.5) is 0 Å². The summed E-state index contributed by atoms with van der Waals surface area (Å²) in [5.74, 6) is -0.373. The molecular weight excluding hydrogens is 394 g/mol. The van der Waals surface area contributed by atoms with Gasteiger partial charge in [-0.15, -0.1) is 0 Å². The first-order chi connectivity index (χ1) is 13.9. The second kappa shape index (κ2) is 14.0. The molecule has 0 amide bonds. The van der Waals surface area contributed by atoms with Crippen molar-refractivity contribution in [1.29, 1.82) is 0 Å². The van der Waals surface area contributed by atoms with E-state index in [1.165, 1.54) is 0 Å². The van der Waals surface area contributed by atoms with Crippen molar-refractivity contribution in [3.05, 3.63) is 46.3 Å². The number of hydrogen-bond acceptors (Lipinski definition) is 6. The Balaban J connectivity index is 2.43. The number of esters is 1. The van der Waals surface area contributed by atoms with E-state index in [4.69, 9.17) is 14.5 Å². The molecule has 29 heavy (non-hydrogen) atoms. The fraction of sp³-hybridized carbons (Fsp3) is 0.650. The Hall–Kier alpha value is -2.09. The van der Waals surface area contributed by atoms with Gasteiger partial charge in [0.1, 0.15) is 0 Å². The highest BCUT2D eigenvalue weighted by Gasteiger charge is 2.18. The van der Waals surface area contributed by atoms with Gasteiger partial charge in [-0.3, -0.25) is 4.18 Å². The van der Waals surface area contributed by atoms with E-state index in [1.807, 2.05) is 6.07 Å². The molecule has 0 aliphatic heterocycles. The van der Waals surface area contributed by atoms with Gasteiger partial charge in [0.25, 0.3) is 10.1 Å². The van der Waals surface area contributed by atoms with Crippen LogP contribution in [-0.2, 0) is 19.0 Å². The molecule has 0 aliphatic carbocycles. The molecule has 8 nitrogen and oxygen atoms in total. The summed E-state index contributed by atoms with van der Waals surface area (Å²) in [7, 11) is -3.58. The molecule has 0 spiro atoms. The molecule has 1 aromatic carbocycles. The van der Waals surface area contributed by atoms with Crippen LogP contribution < -0.4 is 0 Å². The van der Waals surface area contributed by atoms with E-state index in [0.29, 0.717) is 37.7 Å². The number of carbonyl (C=O) groups is 1. The first-order valence-electron chi connectivity index (χ1n) is 10.00. The lowest BCUT2D eigenvalue weighted by Crippen LogP contribution is -2.20. The molecule has 1 aromatic rings. The molecule has 162 valence electrons. The van der Waals surface area contributed by atoms with Gasteiger partial charge in [-0.25, -0.2) is 4.79 Å². The largest absolute Gasteiger partial charge is 0.462 e. The zero-order chi connectivity index (χ0) is 21.5. The molecule has 0 bridgehead atoms. The Morgan fingerprint density at radius 3 is 2.45 bits per heavy atom. The van der Waals surface area contributed by atoms with Gasteiger partial charge in [0.05, 0.1) is 24.5 Å². The van der Waals surface area contributed by atoms with E-state index in [2.05, 4.69) is 16.9 Å². The van der Waals surface area contributed by atoms with Crippen molar-refractivity contribution in [2.45, 2.75) is 70.4 Å². The van der Waals surface area contributed by atoms with Crippen LogP contribution >= 0.6 is 0 Å². The van der Waals surface area contributed by atoms with Crippen molar-refractivity contribution < 1.29 is 22.1 Å². The Bertz CT molecular complexity index is 749. The summed E-state index contributed by atoms with van der Waals surface area (Å²) >= 11 is 0. The number of unbranched alkanes of at least 4 members (excludes halogenated alkanes) is 2. The normalized spacial score (nSPS) is 13.3. The lowest BCUT2D eigenvalue weighted by Gasteiger charge is -2.18. The number of benzene rings is 1. The summed E-state index contributed by atoms with van der Waals surface area (Å²) in [6.45, 7) is 2.32. The van der Waals surface area contributed by atoms with E-state index < -0.39 is 16.2 Å². The maximum Gasteiger partial charge on any atom is 0.338 e. The molecule has 0 N–H and O–H groups in total. The fourth-order valence-electron chi connectivity index (χ4n) is 2.94. The van der Waals surface area contributed by atoms with Gasteiger partial charge in [-0.05, 0) is 56.2 Å². The predicted molar refractivity (Wildman–Crippen MR) is 112 cm³/mol. The van der Waals surface area contributed by atoms with E-state index >= 15 is 0 Å². The Morgan fingerprint density at radius 1 is 1.10 bits per heavy atom. The van der Waals surface area contributed by atoms with Crippen molar-refractivity contribution in [2.24, 2.45) is 5.11 Å². The first kappa shape index (κ1) is 24.9. The van der Waals surface area contributed by atoms with Gasteiger partial charge in [0.15, 0.2) is 0 Å². The smallest absolute Gasteiger partial charge is 0.338 e. The van der Waals surface area contributed by atoms with Crippen LogP contribution in [0, 0.1) is 0 Å². The van der Waals surface area contributed by atoms with Gasteiger partial charge in [0.2, 0.25) is 0 Å². The third-order valence-corrected chi connectivity index (χ3v) is 5.02. The number of hydrogen-bond donors (Lipinski definition) is 0. The highest BCUT2D eigenvalue weighted by atomic mass is 32.2. The second-order valence-electron chi connectivity index (χ2n) is 7.00. The molecule has 0 saturated heterocycles. The van der Waals surface area contributed by atoms with Crippen molar-refractivity contribution >= 4 is 16.1 Å². The topological polar surface area (TPSA) is 118 Å². The maximum atomic E-state index is 11.9. The van der Waals surface area contributed by atoms with Gasteiger partial charge >= 0.3 is 5.97 Å². The predicted octanol–water partition coefficient (Wildman–Crippen LogP) is 5.01. The van der Waals surface area contributed by atoms with Crippen LogP contribution in [0.1, 0.15) is 68.6 Å². The Labute approximate surface area is 173 Å². The lowest BCUT2D eigenvalue weighted by atomic mass is 10.0. The SMILES string of the molecule is CCCC[C@@H](CC[C@@H](CCCCOC(=O)c1ccccc1)OS(C)(=O)=O)N=[N+]=[N-].